The quantitative estimate of drug-likeness (QED) is 0.0134. The van der Waals surface area contributed by atoms with Crippen molar-refractivity contribution in [3.8, 4) is 0 Å². The Morgan fingerprint density at radius 2 is 0.763 bits per heavy atom. The van der Waals surface area contributed by atoms with Crippen molar-refractivity contribution in [1.82, 2.24) is 25.5 Å². The second-order valence-corrected chi connectivity index (χ2v) is 38.1. The number of hydrogen-bond acceptors (Lipinski definition) is 19. The molecule has 1 aromatic heterocycles. The third kappa shape index (κ3) is 28.4. The molecule has 9 aromatic rings. The van der Waals surface area contributed by atoms with Gasteiger partial charge in [-0.2, -0.15) is 0 Å². The van der Waals surface area contributed by atoms with Crippen molar-refractivity contribution < 1.29 is 58.4 Å². The van der Waals surface area contributed by atoms with Gasteiger partial charge in [0.15, 0.2) is 11.9 Å². The summed E-state index contributed by atoms with van der Waals surface area (Å²) in [7, 11) is 5.19. The van der Waals surface area contributed by atoms with Crippen molar-refractivity contribution in [2.75, 3.05) is 35.8 Å². The minimum atomic E-state index is -1.07. The number of nitrogens with zero attached hydrogens (tertiary/aromatic N) is 9. The molecule has 8 aromatic carbocycles. The van der Waals surface area contributed by atoms with Crippen LogP contribution in [-0.4, -0.2) is 164 Å². The van der Waals surface area contributed by atoms with E-state index in [0.29, 0.717) is 73.6 Å². The number of para-hydroxylation sites is 3. The molecular formula is C112H136N14O12S. The summed E-state index contributed by atoms with van der Waals surface area (Å²) in [6, 6.07) is 68.9. The second-order valence-electron chi connectivity index (χ2n) is 37.8. The van der Waals surface area contributed by atoms with Gasteiger partial charge in [-0.25, -0.2) is 20.0 Å². The molecule has 4 aliphatic carbocycles. The Morgan fingerprint density at radius 3 is 1.16 bits per heavy atom. The van der Waals surface area contributed by atoms with Crippen molar-refractivity contribution in [3.63, 3.8) is 0 Å². The van der Waals surface area contributed by atoms with Gasteiger partial charge in [-0.15, -0.1) is 0 Å². The van der Waals surface area contributed by atoms with E-state index in [0.717, 1.165) is 188 Å². The summed E-state index contributed by atoms with van der Waals surface area (Å²) in [5, 5.41) is 38.6. The average Bonchev–Trinajstić information content (AvgIpc) is 1.65. The van der Waals surface area contributed by atoms with E-state index in [1.165, 1.54) is 12.8 Å². The molecule has 8 aliphatic rings. The van der Waals surface area contributed by atoms with Gasteiger partial charge in [0.2, 0.25) is 36.2 Å². The van der Waals surface area contributed by atoms with Crippen LogP contribution in [0.2, 0.25) is 0 Å². The summed E-state index contributed by atoms with van der Waals surface area (Å²) in [5.74, 6) is -1.88. The molecular weight excluding hydrogens is 1770 g/mol. The molecule has 26 nitrogen and oxygen atoms in total. The zero-order chi connectivity index (χ0) is 98.6. The monoisotopic (exact) mass is 1900 g/mol. The van der Waals surface area contributed by atoms with E-state index < -0.39 is 72.7 Å². The topological polar surface area (TPSA) is 372 Å². The Balaban J connectivity index is 0.000000152. The van der Waals surface area contributed by atoms with Crippen LogP contribution >= 0.6 is 12.2 Å². The van der Waals surface area contributed by atoms with Gasteiger partial charge in [-0.05, 0) is 111 Å². The standard InChI is InChI=1S/C31H35N5O3S.C27H33N3O3.C27H33N3O2.C16H15N3O.C11H20O3/c1-3-4-14-26(39-31(40)36-18-17-32-20-36)24(19-21-15-16-21)29(37)34-28-30(38)35(2)25-13-9-8-12-23(25)27(33-28)22-10-6-5-7-11-22;1-3-4-14-23(31)21(17-18-15-16-18)26(32)29-25-27(33)30(2)22-13-9-8-12-20(22)24(28-25)19-10-6-5-7-11-19;1-3-4-6-13-21(18-19-16-17-19)26(31)29-25-27(32)30(2)23-15-10-9-14-22(23)24(28-25)20-11-7-5-8-12-20;17-13-11-8-4-5-9-12(11)14(19-16(18)15(13)20)10-6-2-1-3-7-10;1-2-3-4-10(12)9(11(13)14)7-8-5-6-8/h5-13,17-18,20-21,24,26,28H,3-4,14-16,19H2,1-2H3,(H,34,37);5-13,18,21,23,25,31H,3-4,14-17H2,1-2H3,(H,29,32);5,7-12,14-15,19,21,25H,3-4,6,13,16-18H2,1-2H3,(H,29,31);1-9,13,16H,17-18H2;8-10,12H,2-7H2,1H3,(H,13,14)/t24-,26+,28-;21-,23+,25-;21-,25+;13?,16-;9-,10+/m11001/s1. The van der Waals surface area contributed by atoms with Crippen LogP contribution in [0.1, 0.15) is 244 Å². The average molecular weight is 1900 g/mol. The van der Waals surface area contributed by atoms with Gasteiger partial charge >= 0.3 is 5.97 Å². The number of aliphatic carboxylic acids is 1. The number of Topliss-reactive ketones (excluding diaryl/α,β-unsaturated/α-hetero) is 1. The van der Waals surface area contributed by atoms with Crippen LogP contribution in [0.4, 0.5) is 17.1 Å². The van der Waals surface area contributed by atoms with E-state index in [2.05, 4.69) is 46.7 Å². The third-order valence-corrected chi connectivity index (χ3v) is 27.4. The number of aromatic nitrogens is 2. The van der Waals surface area contributed by atoms with E-state index >= 15 is 0 Å². The number of anilines is 3. The lowest BCUT2D eigenvalue weighted by molar-refractivity contribution is -0.146. The first-order valence-electron chi connectivity index (χ1n) is 49.8. The van der Waals surface area contributed by atoms with Crippen molar-refractivity contribution in [2.45, 2.75) is 237 Å². The molecule has 0 radical (unpaired) electrons. The van der Waals surface area contributed by atoms with Gasteiger partial charge in [0.1, 0.15) is 12.4 Å². The maximum atomic E-state index is 14.0. The molecule has 4 fully saturated rings. The highest BCUT2D eigenvalue weighted by molar-refractivity contribution is 7.80. The van der Waals surface area contributed by atoms with E-state index in [4.69, 9.17) is 48.5 Å². The zero-order valence-corrected chi connectivity index (χ0v) is 81.9. The molecule has 17 rings (SSSR count). The minimum Gasteiger partial charge on any atom is -0.481 e. The van der Waals surface area contributed by atoms with Crippen molar-refractivity contribution in [2.24, 2.45) is 78.8 Å². The number of benzene rings is 8. The first-order chi connectivity index (χ1) is 67.4. The lowest BCUT2D eigenvalue weighted by atomic mass is 9.91. The van der Waals surface area contributed by atoms with E-state index in [-0.39, 0.29) is 52.3 Å². The molecule has 1 unspecified atom stereocenters. The molecule has 732 valence electrons. The smallest absolute Gasteiger partial charge is 0.309 e. The van der Waals surface area contributed by atoms with Crippen LogP contribution in [-0.2, 0) is 43.1 Å². The fourth-order valence-corrected chi connectivity index (χ4v) is 18.4. The van der Waals surface area contributed by atoms with Crippen molar-refractivity contribution in [1.29, 1.82) is 0 Å². The number of thiocarbonyl (C=S) groups is 1. The maximum Gasteiger partial charge on any atom is 0.309 e. The van der Waals surface area contributed by atoms with Gasteiger partial charge in [0, 0.05) is 84.0 Å². The number of ketones is 1. The highest BCUT2D eigenvalue weighted by atomic mass is 32.1. The van der Waals surface area contributed by atoms with Crippen LogP contribution in [0.3, 0.4) is 0 Å². The van der Waals surface area contributed by atoms with Crippen LogP contribution < -0.4 is 42.1 Å². The number of carbonyl (C=O) groups is 8. The predicted octanol–water partition coefficient (Wildman–Crippen LogP) is 17.2. The molecule has 139 heavy (non-hydrogen) atoms. The highest BCUT2D eigenvalue weighted by Crippen LogP contribution is 2.42. The number of ether oxygens (including phenoxy) is 1. The van der Waals surface area contributed by atoms with Gasteiger partial charge in [0.25, 0.3) is 22.9 Å². The summed E-state index contributed by atoms with van der Waals surface area (Å²) in [6.07, 6.45) is 22.9. The molecule has 6 amide bonds. The first kappa shape index (κ1) is 104. The summed E-state index contributed by atoms with van der Waals surface area (Å²) in [4.78, 5) is 132. The maximum absolute atomic E-state index is 14.0. The number of rotatable bonds is 36. The van der Waals surface area contributed by atoms with E-state index in [9.17, 15) is 48.6 Å². The Hall–Kier alpha value is -12.7. The molecule has 0 spiro atoms. The van der Waals surface area contributed by atoms with Crippen molar-refractivity contribution >= 4 is 104 Å². The molecule has 12 atom stereocenters. The van der Waals surface area contributed by atoms with E-state index in [1.54, 1.807) is 59.1 Å². The first-order valence-corrected chi connectivity index (χ1v) is 50.2. The Kier molecular flexibility index (Phi) is 37.9. The molecule has 4 saturated carbocycles. The number of fused-ring (bicyclic) bond motifs is 4. The Bertz CT molecular complexity index is 5770. The highest BCUT2D eigenvalue weighted by Gasteiger charge is 2.43. The summed E-state index contributed by atoms with van der Waals surface area (Å²) in [5.41, 5.74) is 24.8. The molecule has 10 N–H and O–H groups in total. The number of hydrogen-bond donors (Lipinski definition) is 8. The zero-order valence-electron chi connectivity index (χ0n) is 81.0. The molecule has 5 heterocycles. The van der Waals surface area contributed by atoms with Gasteiger partial charge < -0.3 is 62.2 Å². The number of nitrogens with one attached hydrogen (secondary N) is 3. The lowest BCUT2D eigenvalue weighted by Gasteiger charge is -2.29. The molecule has 4 aliphatic heterocycles. The second kappa shape index (κ2) is 50.8. The Labute approximate surface area is 822 Å². The number of carboxylic acids is 1. The fourth-order valence-electron chi connectivity index (χ4n) is 18.2. The number of amides is 6. The Morgan fingerprint density at radius 1 is 0.417 bits per heavy atom. The number of aliphatic imine (C=N–C) groups is 4. The number of benzodiazepines with no additional fused rings is 3. The largest absolute Gasteiger partial charge is 0.481 e. The summed E-state index contributed by atoms with van der Waals surface area (Å²) >= 11 is 5.55. The van der Waals surface area contributed by atoms with Gasteiger partial charge in [-0.3, -0.25) is 47.9 Å². The number of imidazole rings is 1. The SMILES string of the molecule is CCCCC[C@@H](CC1CC1)C(=O)N[C@H]1N=C(c2ccccc2)c2ccccc2N(C)C1=O.CCCC[C@H](O)[C@@H](CC1CC1)C(=O)N[C@H]1N=C(c2ccccc2)c2ccccc2N(C)C1=O.CCCC[C@H](O)[C@@H](CC1CC1)C(=O)O.CCCC[C@H](OC(=S)n1ccnc1)[C@@H](CC1CC1)C(=O)N[C@H]1N=C(c2ccccc2)c2ccccc2N(C)C1=O.NC1C(=O)[C@@H](N)N=C(c2ccccc2)c2ccccc21. The van der Waals surface area contributed by atoms with Crippen LogP contribution in [0.25, 0.3) is 0 Å². The number of carboxylic acid groups (broad SMARTS) is 1. The number of aliphatic hydroxyl groups is 2. The predicted molar refractivity (Wildman–Crippen MR) is 551 cm³/mol. The molecule has 0 bridgehead atoms. The number of unbranched alkanes of at least 4 members (excludes halogenated alkanes) is 5. The van der Waals surface area contributed by atoms with Crippen LogP contribution in [0.5, 0.6) is 0 Å². The third-order valence-electron chi connectivity index (χ3n) is 27.1. The van der Waals surface area contributed by atoms with Gasteiger partial charge in [0.05, 0.1) is 75.9 Å². The number of likely N-dealkylation sites (N-methyl/N-ethyl adjacent to an activating group) is 3. The fraction of sp³-hybridized carbons (Fsp3) is 0.429. The van der Waals surface area contributed by atoms with Gasteiger partial charge in [-0.1, -0.05) is 337 Å². The summed E-state index contributed by atoms with van der Waals surface area (Å²) < 4.78 is 7.91. The van der Waals surface area contributed by atoms with E-state index in [1.807, 2.05) is 225 Å². The molecule has 0 saturated heterocycles. The van der Waals surface area contributed by atoms with Crippen molar-refractivity contribution in [3.05, 3.63) is 287 Å². The van der Waals surface area contributed by atoms with Crippen LogP contribution in [0, 0.1) is 47.3 Å². The molecule has 27 heteroatoms. The van der Waals surface area contributed by atoms with Crippen LogP contribution in [0.15, 0.2) is 257 Å². The normalized spacial score (nSPS) is 19.6. The minimum absolute atomic E-state index is 0.0399. The summed E-state index contributed by atoms with van der Waals surface area (Å²) in [6.45, 7) is 8.40. The number of carbonyl (C=O) groups excluding carboxylic acids is 7. The number of nitrogens with two attached hydrogens (primary N) is 2. The number of aliphatic hydroxyl groups excluding tert-OH is 2. The lowest BCUT2D eigenvalue weighted by Crippen LogP contribution is -2.50.